The number of rotatable bonds is 1. The first kappa shape index (κ1) is 18.5. The van der Waals surface area contributed by atoms with Crippen LogP contribution < -0.4 is 10.4 Å². The molecule has 1 spiro atoms. The fourth-order valence-electron chi connectivity index (χ4n) is 5.92. The lowest BCUT2D eigenvalue weighted by Gasteiger charge is -2.44. The van der Waals surface area contributed by atoms with E-state index < -0.39 is 5.41 Å². The Hall–Kier alpha value is -4.11. The SMILES string of the molecule is Bc1ccc2c(c1)C1(c3ccccc3N(c3ccccc3)c3ccccc31)c1cccnc1-2. The van der Waals surface area contributed by atoms with E-state index in [4.69, 9.17) is 4.98 Å². The van der Waals surface area contributed by atoms with Gasteiger partial charge in [0.05, 0.1) is 22.5 Å². The second kappa shape index (κ2) is 6.70. The lowest BCUT2D eigenvalue weighted by atomic mass is 9.64. The summed E-state index contributed by atoms with van der Waals surface area (Å²) in [6.45, 7) is 0. The van der Waals surface area contributed by atoms with Crippen molar-refractivity contribution in [3.8, 4) is 11.3 Å². The van der Waals surface area contributed by atoms with Gasteiger partial charge < -0.3 is 4.90 Å². The molecule has 5 aromatic rings. The summed E-state index contributed by atoms with van der Waals surface area (Å²) < 4.78 is 0. The average molecular weight is 420 g/mol. The number of hydrogen-bond acceptors (Lipinski definition) is 2. The molecule has 0 unspecified atom stereocenters. The van der Waals surface area contributed by atoms with Crippen molar-refractivity contribution in [3.63, 3.8) is 0 Å². The summed E-state index contributed by atoms with van der Waals surface area (Å²) in [4.78, 5) is 7.29. The van der Waals surface area contributed by atoms with E-state index in [0.29, 0.717) is 0 Å². The standard InChI is InChI=1S/C30H21BN2/c31-20-16-17-22-26(19-20)30(25-13-8-18-32-29(22)25)23-11-4-6-14-27(23)33(21-9-2-1-3-10-21)28-15-7-5-12-24(28)30/h1-19H,31H2. The summed E-state index contributed by atoms with van der Waals surface area (Å²) in [5.41, 5.74) is 12.0. The van der Waals surface area contributed by atoms with Crippen LogP contribution in [0.3, 0.4) is 0 Å². The van der Waals surface area contributed by atoms with Crippen molar-refractivity contribution >= 4 is 30.4 Å². The minimum atomic E-state index is -0.399. The number of fused-ring (bicyclic) bond motifs is 9. The first-order valence-corrected chi connectivity index (χ1v) is 11.4. The highest BCUT2D eigenvalue weighted by atomic mass is 15.2. The zero-order valence-electron chi connectivity index (χ0n) is 18.4. The van der Waals surface area contributed by atoms with Crippen molar-refractivity contribution < 1.29 is 0 Å². The molecular formula is C30H21BN2. The average Bonchev–Trinajstić information content (AvgIpc) is 3.15. The molecule has 0 radical (unpaired) electrons. The highest BCUT2D eigenvalue weighted by molar-refractivity contribution is 6.32. The van der Waals surface area contributed by atoms with E-state index in [1.807, 2.05) is 6.20 Å². The maximum Gasteiger partial charge on any atom is 0.139 e. The third-order valence-corrected chi connectivity index (χ3v) is 7.16. The minimum Gasteiger partial charge on any atom is -0.310 e. The van der Waals surface area contributed by atoms with Gasteiger partial charge in [-0.15, -0.1) is 0 Å². The highest BCUT2D eigenvalue weighted by Crippen LogP contribution is 2.62. The van der Waals surface area contributed by atoms with E-state index in [0.717, 1.165) is 5.69 Å². The van der Waals surface area contributed by atoms with Gasteiger partial charge in [-0.05, 0) is 52.6 Å². The quantitative estimate of drug-likeness (QED) is 0.327. The molecule has 0 N–H and O–H groups in total. The second-order valence-electron chi connectivity index (χ2n) is 8.90. The third-order valence-electron chi connectivity index (χ3n) is 7.16. The van der Waals surface area contributed by atoms with Gasteiger partial charge in [-0.3, -0.25) is 4.98 Å². The lowest BCUT2D eigenvalue weighted by molar-refractivity contribution is 0.751. The number of hydrogen-bond donors (Lipinski definition) is 0. The molecule has 0 saturated heterocycles. The minimum absolute atomic E-state index is 0.399. The predicted molar refractivity (Wildman–Crippen MR) is 138 cm³/mol. The molecule has 154 valence electrons. The molecule has 4 aromatic carbocycles. The lowest BCUT2D eigenvalue weighted by Crippen LogP contribution is -2.36. The fourth-order valence-corrected chi connectivity index (χ4v) is 5.92. The first-order valence-electron chi connectivity index (χ1n) is 11.4. The third kappa shape index (κ3) is 2.31. The highest BCUT2D eigenvalue weighted by Gasteiger charge is 2.52. The molecule has 0 amide bonds. The fraction of sp³-hybridized carbons (Fsp3) is 0.0333. The zero-order chi connectivity index (χ0) is 22.0. The van der Waals surface area contributed by atoms with Crippen LogP contribution in [0.1, 0.15) is 22.3 Å². The van der Waals surface area contributed by atoms with Gasteiger partial charge in [0.15, 0.2) is 0 Å². The van der Waals surface area contributed by atoms with Crippen LogP contribution in [0.5, 0.6) is 0 Å². The van der Waals surface area contributed by atoms with Crippen LogP contribution in [0.15, 0.2) is 115 Å². The monoisotopic (exact) mass is 420 g/mol. The van der Waals surface area contributed by atoms with Crippen molar-refractivity contribution in [1.29, 1.82) is 0 Å². The molecule has 0 bridgehead atoms. The van der Waals surface area contributed by atoms with Gasteiger partial charge >= 0.3 is 0 Å². The number of nitrogens with zero attached hydrogens (tertiary/aromatic N) is 2. The first-order chi connectivity index (χ1) is 16.3. The summed E-state index contributed by atoms with van der Waals surface area (Å²) in [5, 5.41) is 0. The Morgan fingerprint density at radius 3 is 1.97 bits per heavy atom. The summed E-state index contributed by atoms with van der Waals surface area (Å²) in [6, 6.07) is 39.6. The topological polar surface area (TPSA) is 16.1 Å². The van der Waals surface area contributed by atoms with Crippen LogP contribution in [0.2, 0.25) is 0 Å². The van der Waals surface area contributed by atoms with Gasteiger partial charge in [-0.2, -0.15) is 0 Å². The summed E-state index contributed by atoms with van der Waals surface area (Å²) in [6.07, 6.45) is 1.92. The molecule has 1 aliphatic heterocycles. The van der Waals surface area contributed by atoms with E-state index in [2.05, 4.69) is 122 Å². The normalized spacial score (nSPS) is 14.4. The molecule has 3 heteroatoms. The number of anilines is 3. The van der Waals surface area contributed by atoms with Crippen LogP contribution >= 0.6 is 0 Å². The Bertz CT molecular complexity index is 1490. The number of benzene rings is 4. The van der Waals surface area contributed by atoms with Gasteiger partial charge in [0.1, 0.15) is 7.85 Å². The van der Waals surface area contributed by atoms with Crippen molar-refractivity contribution in [1.82, 2.24) is 4.98 Å². The van der Waals surface area contributed by atoms with Crippen molar-refractivity contribution in [2.45, 2.75) is 5.41 Å². The van der Waals surface area contributed by atoms with Crippen LogP contribution in [0.4, 0.5) is 17.1 Å². The van der Waals surface area contributed by atoms with Crippen molar-refractivity contribution in [2.75, 3.05) is 4.90 Å². The largest absolute Gasteiger partial charge is 0.310 e. The van der Waals surface area contributed by atoms with Gasteiger partial charge in [-0.1, -0.05) is 84.3 Å². The number of para-hydroxylation sites is 3. The van der Waals surface area contributed by atoms with Crippen LogP contribution in [-0.4, -0.2) is 12.8 Å². The Morgan fingerprint density at radius 2 is 1.24 bits per heavy atom. The molecule has 2 heterocycles. The van der Waals surface area contributed by atoms with E-state index in [1.165, 1.54) is 50.3 Å². The van der Waals surface area contributed by atoms with E-state index in [9.17, 15) is 0 Å². The van der Waals surface area contributed by atoms with Crippen LogP contribution in [0.25, 0.3) is 11.3 Å². The molecule has 1 aromatic heterocycles. The number of aromatic nitrogens is 1. The van der Waals surface area contributed by atoms with Gasteiger partial charge in [0.2, 0.25) is 0 Å². The van der Waals surface area contributed by atoms with E-state index >= 15 is 0 Å². The second-order valence-corrected chi connectivity index (χ2v) is 8.90. The Morgan fingerprint density at radius 1 is 0.606 bits per heavy atom. The maximum absolute atomic E-state index is 4.89. The molecule has 7 rings (SSSR count). The molecule has 2 aliphatic rings. The van der Waals surface area contributed by atoms with Gasteiger partial charge in [-0.25, -0.2) is 0 Å². The van der Waals surface area contributed by atoms with Crippen LogP contribution in [0, 0.1) is 0 Å². The van der Waals surface area contributed by atoms with Crippen molar-refractivity contribution in [2.24, 2.45) is 0 Å². The molecule has 0 fully saturated rings. The molecule has 1 aliphatic carbocycles. The maximum atomic E-state index is 4.89. The van der Waals surface area contributed by atoms with Crippen molar-refractivity contribution in [3.05, 3.63) is 138 Å². The predicted octanol–water partition coefficient (Wildman–Crippen LogP) is 5.49. The Labute approximate surface area is 194 Å². The molecular weight excluding hydrogens is 399 g/mol. The number of pyridine rings is 1. The molecule has 0 atom stereocenters. The van der Waals surface area contributed by atoms with Crippen LogP contribution in [-0.2, 0) is 5.41 Å². The molecule has 0 saturated carbocycles. The van der Waals surface area contributed by atoms with Gasteiger partial charge in [0, 0.05) is 17.4 Å². The summed E-state index contributed by atoms with van der Waals surface area (Å²) >= 11 is 0. The molecule has 2 nitrogen and oxygen atoms in total. The Kier molecular flexibility index (Phi) is 3.75. The zero-order valence-corrected chi connectivity index (χ0v) is 18.4. The smallest absolute Gasteiger partial charge is 0.139 e. The van der Waals surface area contributed by atoms with Gasteiger partial charge in [0.25, 0.3) is 0 Å². The van der Waals surface area contributed by atoms with E-state index in [-0.39, 0.29) is 0 Å². The Balaban J connectivity index is 1.68. The molecule has 33 heavy (non-hydrogen) atoms. The van der Waals surface area contributed by atoms with E-state index in [1.54, 1.807) is 0 Å². The summed E-state index contributed by atoms with van der Waals surface area (Å²) in [5.74, 6) is 0. The summed E-state index contributed by atoms with van der Waals surface area (Å²) in [7, 11) is 2.18.